The van der Waals surface area contributed by atoms with Gasteiger partial charge in [-0.05, 0) is 30.4 Å². The van der Waals surface area contributed by atoms with Crippen LogP contribution < -0.4 is 5.32 Å². The van der Waals surface area contributed by atoms with E-state index in [9.17, 15) is 4.79 Å². The van der Waals surface area contributed by atoms with E-state index in [4.69, 9.17) is 4.74 Å². The van der Waals surface area contributed by atoms with Gasteiger partial charge in [-0.25, -0.2) is 4.68 Å². The Balaban J connectivity index is 1.50. The summed E-state index contributed by atoms with van der Waals surface area (Å²) in [5.41, 5.74) is 3.09. The van der Waals surface area contributed by atoms with Crippen LogP contribution in [-0.4, -0.2) is 33.6 Å². The van der Waals surface area contributed by atoms with E-state index in [0.717, 1.165) is 30.8 Å². The van der Waals surface area contributed by atoms with Crippen LogP contribution in [0.25, 0.3) is 0 Å². The maximum Gasteiger partial charge on any atom is 0.227 e. The molecular formula is C19H26N4O2. The standard InChI is InChI=1S/C19H26N4O2/c1-13(2)8-15-4-6-16(7-5-15)14(3)19(24)20-9-17-10-23(22-21-17)11-18-12-25-18/h4-7,10,13-14,18H,8-9,11-12H2,1-3H3,(H,20,24). The normalized spacial score (nSPS) is 17.5. The Morgan fingerprint density at radius 2 is 2.04 bits per heavy atom. The topological polar surface area (TPSA) is 72.3 Å². The molecule has 0 spiro atoms. The summed E-state index contributed by atoms with van der Waals surface area (Å²) in [4.78, 5) is 12.4. The number of rotatable bonds is 8. The molecule has 1 N–H and O–H groups in total. The molecule has 134 valence electrons. The fraction of sp³-hybridized carbons (Fsp3) is 0.526. The average molecular weight is 342 g/mol. The second kappa shape index (κ2) is 7.78. The second-order valence-corrected chi connectivity index (χ2v) is 7.17. The van der Waals surface area contributed by atoms with E-state index < -0.39 is 0 Å². The number of carbonyl (C=O) groups excluding carboxylic acids is 1. The molecule has 1 amide bonds. The first-order valence-electron chi connectivity index (χ1n) is 8.88. The second-order valence-electron chi connectivity index (χ2n) is 7.17. The number of nitrogens with one attached hydrogen (secondary N) is 1. The van der Waals surface area contributed by atoms with Gasteiger partial charge in [0.05, 0.1) is 31.8 Å². The van der Waals surface area contributed by atoms with Crippen molar-refractivity contribution in [2.24, 2.45) is 5.92 Å². The van der Waals surface area contributed by atoms with E-state index in [-0.39, 0.29) is 17.9 Å². The monoisotopic (exact) mass is 342 g/mol. The van der Waals surface area contributed by atoms with Gasteiger partial charge >= 0.3 is 0 Å². The Morgan fingerprint density at radius 1 is 1.32 bits per heavy atom. The number of benzene rings is 1. The zero-order valence-corrected chi connectivity index (χ0v) is 15.1. The average Bonchev–Trinajstić information content (AvgIpc) is 3.28. The highest BCUT2D eigenvalue weighted by Gasteiger charge is 2.23. The van der Waals surface area contributed by atoms with E-state index in [1.165, 1.54) is 5.56 Å². The molecular weight excluding hydrogens is 316 g/mol. The minimum Gasteiger partial charge on any atom is -0.371 e. The third kappa shape index (κ3) is 5.13. The summed E-state index contributed by atoms with van der Waals surface area (Å²) in [7, 11) is 0. The number of aromatic nitrogens is 3. The molecule has 3 rings (SSSR count). The van der Waals surface area contributed by atoms with Gasteiger partial charge in [0.1, 0.15) is 11.8 Å². The molecule has 25 heavy (non-hydrogen) atoms. The van der Waals surface area contributed by atoms with Gasteiger partial charge in [-0.15, -0.1) is 5.10 Å². The summed E-state index contributed by atoms with van der Waals surface area (Å²) < 4.78 is 6.93. The number of hydrogen-bond acceptors (Lipinski definition) is 4. The van der Waals surface area contributed by atoms with Crippen molar-refractivity contribution in [1.82, 2.24) is 20.3 Å². The van der Waals surface area contributed by atoms with Crippen LogP contribution in [-0.2, 0) is 29.0 Å². The molecule has 1 aromatic carbocycles. The van der Waals surface area contributed by atoms with Crippen LogP contribution in [0.5, 0.6) is 0 Å². The molecule has 0 aliphatic carbocycles. The van der Waals surface area contributed by atoms with Gasteiger partial charge in [0, 0.05) is 0 Å². The van der Waals surface area contributed by atoms with Gasteiger partial charge in [-0.2, -0.15) is 0 Å². The predicted molar refractivity (Wildman–Crippen MR) is 95.0 cm³/mol. The Morgan fingerprint density at radius 3 is 2.68 bits per heavy atom. The first kappa shape index (κ1) is 17.6. The van der Waals surface area contributed by atoms with Gasteiger partial charge in [0.15, 0.2) is 0 Å². The first-order chi connectivity index (χ1) is 12.0. The predicted octanol–water partition coefficient (Wildman–Crippen LogP) is 2.30. The molecule has 1 saturated heterocycles. The molecule has 0 bridgehead atoms. The van der Waals surface area contributed by atoms with Crippen molar-refractivity contribution in [2.75, 3.05) is 6.61 Å². The van der Waals surface area contributed by atoms with E-state index in [1.54, 1.807) is 4.68 Å². The van der Waals surface area contributed by atoms with Crippen molar-refractivity contribution < 1.29 is 9.53 Å². The third-order valence-electron chi connectivity index (χ3n) is 4.34. The number of carbonyl (C=O) groups is 1. The SMILES string of the molecule is CC(C)Cc1ccc(C(C)C(=O)NCc2cn(CC3CO3)nn2)cc1. The number of ether oxygens (including phenoxy) is 1. The van der Waals surface area contributed by atoms with Gasteiger partial charge in [0.2, 0.25) is 5.91 Å². The summed E-state index contributed by atoms with van der Waals surface area (Å²) in [6.07, 6.45) is 3.18. The van der Waals surface area contributed by atoms with Gasteiger partial charge in [-0.1, -0.05) is 43.3 Å². The van der Waals surface area contributed by atoms with Crippen LogP contribution in [0.2, 0.25) is 0 Å². The zero-order chi connectivity index (χ0) is 17.8. The Hall–Kier alpha value is -2.21. The lowest BCUT2D eigenvalue weighted by Crippen LogP contribution is -2.27. The maximum absolute atomic E-state index is 12.4. The summed E-state index contributed by atoms with van der Waals surface area (Å²) in [6.45, 7) is 8.24. The fourth-order valence-corrected chi connectivity index (χ4v) is 2.79. The van der Waals surface area contributed by atoms with Crippen LogP contribution in [0.3, 0.4) is 0 Å². The Bertz CT molecular complexity index is 704. The summed E-state index contributed by atoms with van der Waals surface area (Å²) in [5.74, 6) is 0.436. The highest BCUT2D eigenvalue weighted by Crippen LogP contribution is 2.18. The van der Waals surface area contributed by atoms with Gasteiger partial charge < -0.3 is 10.1 Å². The van der Waals surface area contributed by atoms with Gasteiger partial charge in [-0.3, -0.25) is 4.79 Å². The van der Waals surface area contributed by atoms with Crippen molar-refractivity contribution in [3.63, 3.8) is 0 Å². The Kier molecular flexibility index (Phi) is 5.48. The highest BCUT2D eigenvalue weighted by atomic mass is 16.6. The third-order valence-corrected chi connectivity index (χ3v) is 4.34. The molecule has 0 radical (unpaired) electrons. The molecule has 6 nitrogen and oxygen atoms in total. The highest BCUT2D eigenvalue weighted by molar-refractivity contribution is 5.83. The van der Waals surface area contributed by atoms with Crippen LogP contribution >= 0.6 is 0 Å². The summed E-state index contributed by atoms with van der Waals surface area (Å²) in [5, 5.41) is 11.1. The van der Waals surface area contributed by atoms with E-state index in [2.05, 4.69) is 41.6 Å². The number of nitrogens with zero attached hydrogens (tertiary/aromatic N) is 3. The molecule has 1 aromatic heterocycles. The number of amides is 1. The molecule has 1 aliphatic rings. The van der Waals surface area contributed by atoms with Crippen LogP contribution in [0, 0.1) is 5.92 Å². The van der Waals surface area contributed by atoms with Crippen molar-refractivity contribution in [2.45, 2.75) is 52.3 Å². The summed E-state index contributed by atoms with van der Waals surface area (Å²) >= 11 is 0. The van der Waals surface area contributed by atoms with E-state index in [1.807, 2.05) is 25.3 Å². The molecule has 2 aromatic rings. The number of epoxide rings is 1. The fourth-order valence-electron chi connectivity index (χ4n) is 2.79. The van der Waals surface area contributed by atoms with Crippen molar-refractivity contribution in [3.8, 4) is 0 Å². The lowest BCUT2D eigenvalue weighted by molar-refractivity contribution is -0.122. The Labute approximate surface area is 148 Å². The first-order valence-corrected chi connectivity index (χ1v) is 8.88. The van der Waals surface area contributed by atoms with E-state index in [0.29, 0.717) is 12.5 Å². The van der Waals surface area contributed by atoms with Crippen LogP contribution in [0.1, 0.15) is 43.5 Å². The lowest BCUT2D eigenvalue weighted by Gasteiger charge is -2.13. The van der Waals surface area contributed by atoms with Crippen molar-refractivity contribution in [1.29, 1.82) is 0 Å². The van der Waals surface area contributed by atoms with Crippen LogP contribution in [0.4, 0.5) is 0 Å². The minimum absolute atomic E-state index is 0.00307. The molecule has 1 fully saturated rings. The smallest absolute Gasteiger partial charge is 0.227 e. The largest absolute Gasteiger partial charge is 0.371 e. The minimum atomic E-state index is -0.192. The summed E-state index contributed by atoms with van der Waals surface area (Å²) in [6, 6.07) is 8.33. The van der Waals surface area contributed by atoms with Crippen LogP contribution in [0.15, 0.2) is 30.5 Å². The molecule has 0 saturated carbocycles. The van der Waals surface area contributed by atoms with Crippen molar-refractivity contribution in [3.05, 3.63) is 47.3 Å². The van der Waals surface area contributed by atoms with Crippen molar-refractivity contribution >= 4 is 5.91 Å². The molecule has 2 atom stereocenters. The molecule has 1 aliphatic heterocycles. The molecule has 2 heterocycles. The molecule has 2 unspecified atom stereocenters. The number of hydrogen-bond donors (Lipinski definition) is 1. The lowest BCUT2D eigenvalue weighted by atomic mass is 9.96. The quantitative estimate of drug-likeness (QED) is 0.747. The van der Waals surface area contributed by atoms with E-state index >= 15 is 0 Å². The van der Waals surface area contributed by atoms with Gasteiger partial charge in [0.25, 0.3) is 0 Å². The molecule has 6 heteroatoms. The zero-order valence-electron chi connectivity index (χ0n) is 15.1. The maximum atomic E-state index is 12.4.